The lowest BCUT2D eigenvalue weighted by Crippen LogP contribution is -2.29. The average molecular weight is 645 g/mol. The molecule has 1 aliphatic heterocycles. The molecule has 45 heavy (non-hydrogen) atoms. The van der Waals surface area contributed by atoms with E-state index in [1.807, 2.05) is 56.3 Å². The summed E-state index contributed by atoms with van der Waals surface area (Å²) in [7, 11) is 0. The van der Waals surface area contributed by atoms with Crippen molar-refractivity contribution >= 4 is 35.3 Å². The van der Waals surface area contributed by atoms with Gasteiger partial charge in [-0.15, -0.1) is 5.10 Å². The van der Waals surface area contributed by atoms with E-state index in [0.29, 0.717) is 57.9 Å². The Morgan fingerprint density at radius 3 is 2.56 bits per heavy atom. The smallest absolute Gasteiger partial charge is 0.338 e. The third-order valence-electron chi connectivity index (χ3n) is 7.62. The number of hydrogen-bond donors (Lipinski definition) is 1. The lowest BCUT2D eigenvalue weighted by atomic mass is 9.95. The van der Waals surface area contributed by atoms with Crippen molar-refractivity contribution in [3.8, 4) is 11.5 Å². The topological polar surface area (TPSA) is 87.5 Å². The Kier molecular flexibility index (Phi) is 10.2. The average Bonchev–Trinajstić information content (AvgIpc) is 3.42. The highest BCUT2D eigenvalue weighted by molar-refractivity contribution is 7.98. The van der Waals surface area contributed by atoms with E-state index >= 15 is 0 Å². The lowest BCUT2D eigenvalue weighted by molar-refractivity contribution is -0.138. The van der Waals surface area contributed by atoms with Crippen molar-refractivity contribution in [3.63, 3.8) is 0 Å². The summed E-state index contributed by atoms with van der Waals surface area (Å²) in [6.45, 7) is 14.7. The highest BCUT2D eigenvalue weighted by Crippen LogP contribution is 2.40. The van der Waals surface area contributed by atoms with Crippen LogP contribution in [0.25, 0.3) is 0 Å². The minimum atomic E-state index is -0.629. The Hall–Kier alpha value is -4.21. The maximum absolute atomic E-state index is 13.4. The van der Waals surface area contributed by atoms with Crippen LogP contribution in [0.5, 0.6) is 11.5 Å². The molecule has 0 saturated heterocycles. The summed E-state index contributed by atoms with van der Waals surface area (Å²) in [6, 6.07) is 17.1. The molecule has 3 aromatic carbocycles. The summed E-state index contributed by atoms with van der Waals surface area (Å²) in [5.41, 5.74) is 7.55. The van der Waals surface area contributed by atoms with Crippen molar-refractivity contribution in [3.05, 3.63) is 117 Å². The van der Waals surface area contributed by atoms with Gasteiger partial charge in [0.25, 0.3) is 0 Å². The number of aryl methyl sites for hydroxylation is 3. The van der Waals surface area contributed by atoms with Crippen molar-refractivity contribution < 1.29 is 19.0 Å². The minimum absolute atomic E-state index is 0.0837. The van der Waals surface area contributed by atoms with E-state index in [2.05, 4.69) is 44.8 Å². The summed E-state index contributed by atoms with van der Waals surface area (Å²) in [5.74, 6) is 1.82. The molecule has 0 saturated carbocycles. The zero-order chi connectivity index (χ0) is 32.1. The summed E-state index contributed by atoms with van der Waals surface area (Å²) < 4.78 is 19.6. The molecule has 4 aromatic rings. The zero-order valence-electron chi connectivity index (χ0n) is 26.1. The van der Waals surface area contributed by atoms with Crippen molar-refractivity contribution in [1.29, 1.82) is 0 Å². The maximum Gasteiger partial charge on any atom is 0.338 e. The fraction of sp³-hybridized carbons (Fsp3) is 0.286. The SMILES string of the molecule is C=CCOC(=O)C1=C(C)Nc2nc(SCc3ccccc3Cl)nn2C1c1ccc(OCc2cc(C)c(C)cc2C)c(OCC)c1. The van der Waals surface area contributed by atoms with Gasteiger partial charge in [-0.05, 0) is 86.2 Å². The van der Waals surface area contributed by atoms with Gasteiger partial charge in [0.2, 0.25) is 11.1 Å². The Bertz CT molecular complexity index is 1770. The van der Waals surface area contributed by atoms with Crippen LogP contribution in [0.3, 0.4) is 0 Å². The molecule has 1 atom stereocenters. The van der Waals surface area contributed by atoms with E-state index in [-0.39, 0.29) is 6.61 Å². The number of carbonyl (C=O) groups is 1. The predicted molar refractivity (Wildman–Crippen MR) is 179 cm³/mol. The van der Waals surface area contributed by atoms with Gasteiger partial charge < -0.3 is 19.5 Å². The third kappa shape index (κ3) is 7.21. The van der Waals surface area contributed by atoms with Gasteiger partial charge in [0.15, 0.2) is 11.5 Å². The normalized spacial score (nSPS) is 14.0. The number of ether oxygens (including phenoxy) is 3. The zero-order valence-corrected chi connectivity index (χ0v) is 27.7. The van der Waals surface area contributed by atoms with Gasteiger partial charge >= 0.3 is 5.97 Å². The molecular formula is C35H37ClN4O4S. The summed E-state index contributed by atoms with van der Waals surface area (Å²) in [4.78, 5) is 18.2. The largest absolute Gasteiger partial charge is 0.490 e. The van der Waals surface area contributed by atoms with Crippen molar-refractivity contribution in [2.24, 2.45) is 0 Å². The lowest BCUT2D eigenvalue weighted by Gasteiger charge is -2.28. The molecule has 0 aliphatic carbocycles. The quantitative estimate of drug-likeness (QED) is 0.0939. The van der Waals surface area contributed by atoms with E-state index in [1.54, 1.807) is 10.8 Å². The summed E-state index contributed by atoms with van der Waals surface area (Å²) in [6.07, 6.45) is 1.54. The number of thioether (sulfide) groups is 1. The highest BCUT2D eigenvalue weighted by Gasteiger charge is 2.36. The second kappa shape index (κ2) is 14.3. The predicted octanol–water partition coefficient (Wildman–Crippen LogP) is 8.14. The third-order valence-corrected chi connectivity index (χ3v) is 8.87. The van der Waals surface area contributed by atoms with Gasteiger partial charge in [0, 0.05) is 16.5 Å². The van der Waals surface area contributed by atoms with Gasteiger partial charge in [-0.1, -0.05) is 72.4 Å². The fourth-order valence-corrected chi connectivity index (χ4v) is 6.26. The first kappa shape index (κ1) is 32.2. The Labute approximate surface area is 273 Å². The first-order chi connectivity index (χ1) is 21.7. The number of benzene rings is 3. The highest BCUT2D eigenvalue weighted by atomic mass is 35.5. The van der Waals surface area contributed by atoms with E-state index in [1.165, 1.54) is 28.5 Å². The van der Waals surface area contributed by atoms with Crippen LogP contribution in [0.4, 0.5) is 5.95 Å². The molecule has 5 rings (SSSR count). The van der Waals surface area contributed by atoms with Crippen molar-refractivity contribution in [2.75, 3.05) is 18.5 Å². The number of allylic oxidation sites excluding steroid dienone is 1. The van der Waals surface area contributed by atoms with Crippen LogP contribution >= 0.6 is 23.4 Å². The van der Waals surface area contributed by atoms with Gasteiger partial charge in [-0.2, -0.15) is 4.98 Å². The van der Waals surface area contributed by atoms with Crippen LogP contribution in [0.2, 0.25) is 5.02 Å². The molecule has 1 aromatic heterocycles. The van der Waals surface area contributed by atoms with Gasteiger partial charge in [0.05, 0.1) is 12.2 Å². The molecule has 0 amide bonds. The minimum Gasteiger partial charge on any atom is -0.490 e. The molecule has 234 valence electrons. The van der Waals surface area contributed by atoms with Crippen molar-refractivity contribution in [1.82, 2.24) is 14.8 Å². The number of rotatable bonds is 12. The van der Waals surface area contributed by atoms with Gasteiger partial charge in [-0.25, -0.2) is 9.48 Å². The number of esters is 1. The van der Waals surface area contributed by atoms with E-state index in [0.717, 1.165) is 16.7 Å². The van der Waals surface area contributed by atoms with E-state index < -0.39 is 12.0 Å². The molecule has 10 heteroatoms. The summed E-state index contributed by atoms with van der Waals surface area (Å²) >= 11 is 7.85. The Morgan fingerprint density at radius 2 is 1.80 bits per heavy atom. The second-order valence-electron chi connectivity index (χ2n) is 10.8. The Morgan fingerprint density at radius 1 is 1.02 bits per heavy atom. The monoisotopic (exact) mass is 644 g/mol. The van der Waals surface area contributed by atoms with Crippen LogP contribution in [-0.2, 0) is 21.9 Å². The molecule has 0 bridgehead atoms. The molecule has 8 nitrogen and oxygen atoms in total. The summed E-state index contributed by atoms with van der Waals surface area (Å²) in [5, 5.41) is 9.31. The van der Waals surface area contributed by atoms with Crippen LogP contribution in [0.1, 0.15) is 53.3 Å². The number of nitrogens with one attached hydrogen (secondary N) is 1. The van der Waals surface area contributed by atoms with E-state index in [4.69, 9.17) is 35.9 Å². The first-order valence-corrected chi connectivity index (χ1v) is 16.1. The standard InChI is InChI=1S/C35H37ClN4O4S/c1-7-15-43-33(41)31-24(6)37-34-38-35(45-20-26-11-9-10-12-28(26)36)39-40(34)32(31)25-13-14-29(30(18-25)42-8-2)44-19-27-17-22(4)21(3)16-23(27)5/h7,9-14,16-18,32H,1,8,15,19-20H2,2-6H3,(H,37,38,39). The molecular weight excluding hydrogens is 608 g/mol. The number of anilines is 1. The van der Waals surface area contributed by atoms with Crippen LogP contribution in [0.15, 0.2) is 83.7 Å². The van der Waals surface area contributed by atoms with E-state index in [9.17, 15) is 4.79 Å². The number of hydrogen-bond acceptors (Lipinski definition) is 8. The fourth-order valence-electron chi connectivity index (χ4n) is 5.15. The number of fused-ring (bicyclic) bond motifs is 1. The van der Waals surface area contributed by atoms with Crippen LogP contribution in [0, 0.1) is 20.8 Å². The number of carbonyl (C=O) groups excluding carboxylic acids is 1. The molecule has 2 heterocycles. The maximum atomic E-state index is 13.4. The molecule has 1 aliphatic rings. The first-order valence-electron chi connectivity index (χ1n) is 14.7. The number of aromatic nitrogens is 3. The molecule has 1 unspecified atom stereocenters. The van der Waals surface area contributed by atoms with Gasteiger partial charge in [-0.3, -0.25) is 0 Å². The van der Waals surface area contributed by atoms with Crippen LogP contribution in [-0.4, -0.2) is 33.9 Å². The molecule has 1 N–H and O–H groups in total. The second-order valence-corrected chi connectivity index (χ2v) is 12.1. The molecule has 0 spiro atoms. The molecule has 0 fully saturated rings. The van der Waals surface area contributed by atoms with Gasteiger partial charge in [0.1, 0.15) is 19.3 Å². The Balaban J connectivity index is 1.50. The van der Waals surface area contributed by atoms with Crippen molar-refractivity contribution in [2.45, 2.75) is 58.2 Å². The molecule has 0 radical (unpaired) electrons. The number of halogens is 1. The van der Waals surface area contributed by atoms with Crippen LogP contribution < -0.4 is 14.8 Å². The number of nitrogens with zero attached hydrogens (tertiary/aromatic N) is 3.